The standard InChI is InChI=1S/C12H19N3O3/c1-9-11(8-16)10(2)15(14-9)7-12(17)13-5-4-6-18-3/h8H,4-7H2,1-3H3,(H,13,17). The normalized spacial score (nSPS) is 10.4. The highest BCUT2D eigenvalue weighted by atomic mass is 16.5. The molecule has 0 saturated carbocycles. The van der Waals surface area contributed by atoms with E-state index in [4.69, 9.17) is 4.74 Å². The lowest BCUT2D eigenvalue weighted by molar-refractivity contribution is -0.121. The number of hydrogen-bond acceptors (Lipinski definition) is 4. The molecule has 0 saturated heterocycles. The Morgan fingerprint density at radius 1 is 1.50 bits per heavy atom. The van der Waals surface area contributed by atoms with Crippen LogP contribution in [0.2, 0.25) is 0 Å². The van der Waals surface area contributed by atoms with Gasteiger partial charge in [0.2, 0.25) is 5.91 Å². The third kappa shape index (κ3) is 3.66. The molecular formula is C12H19N3O3. The third-order valence-electron chi connectivity index (χ3n) is 2.70. The zero-order chi connectivity index (χ0) is 13.5. The minimum Gasteiger partial charge on any atom is -0.385 e. The quantitative estimate of drug-likeness (QED) is 0.566. The predicted molar refractivity (Wildman–Crippen MR) is 66.6 cm³/mol. The lowest BCUT2D eigenvalue weighted by atomic mass is 10.2. The summed E-state index contributed by atoms with van der Waals surface area (Å²) in [5, 5.41) is 6.94. The summed E-state index contributed by atoms with van der Waals surface area (Å²) in [6.07, 6.45) is 1.55. The van der Waals surface area contributed by atoms with Crippen LogP contribution in [-0.2, 0) is 16.1 Å². The Kier molecular flexibility index (Phi) is 5.51. The molecule has 0 bridgehead atoms. The Hall–Kier alpha value is -1.69. The third-order valence-corrected chi connectivity index (χ3v) is 2.70. The number of carbonyl (C=O) groups is 2. The van der Waals surface area contributed by atoms with Crippen LogP contribution in [0.15, 0.2) is 0 Å². The van der Waals surface area contributed by atoms with Crippen LogP contribution in [0.3, 0.4) is 0 Å². The van der Waals surface area contributed by atoms with Crippen LogP contribution in [0.25, 0.3) is 0 Å². The molecule has 1 aromatic heterocycles. The number of nitrogens with one attached hydrogen (secondary N) is 1. The summed E-state index contributed by atoms with van der Waals surface area (Å²) < 4.78 is 6.43. The van der Waals surface area contributed by atoms with E-state index in [-0.39, 0.29) is 12.5 Å². The van der Waals surface area contributed by atoms with E-state index in [1.54, 1.807) is 25.6 Å². The van der Waals surface area contributed by atoms with Gasteiger partial charge in [-0.25, -0.2) is 0 Å². The van der Waals surface area contributed by atoms with Gasteiger partial charge in [-0.1, -0.05) is 0 Å². The molecule has 0 aromatic carbocycles. The van der Waals surface area contributed by atoms with Crippen LogP contribution in [0.4, 0.5) is 0 Å². The molecule has 1 amide bonds. The first-order valence-corrected chi connectivity index (χ1v) is 5.85. The lowest BCUT2D eigenvalue weighted by Gasteiger charge is -2.06. The van der Waals surface area contributed by atoms with Crippen LogP contribution < -0.4 is 5.32 Å². The van der Waals surface area contributed by atoms with Gasteiger partial charge in [0.1, 0.15) is 6.54 Å². The van der Waals surface area contributed by atoms with Crippen molar-refractivity contribution in [2.45, 2.75) is 26.8 Å². The largest absolute Gasteiger partial charge is 0.385 e. The first-order valence-electron chi connectivity index (χ1n) is 5.85. The number of amides is 1. The van der Waals surface area contributed by atoms with Crippen molar-refractivity contribution in [2.75, 3.05) is 20.3 Å². The molecule has 0 aliphatic heterocycles. The molecule has 6 nitrogen and oxygen atoms in total. The van der Waals surface area contributed by atoms with Gasteiger partial charge in [-0.2, -0.15) is 5.10 Å². The van der Waals surface area contributed by atoms with Gasteiger partial charge in [-0.05, 0) is 20.3 Å². The summed E-state index contributed by atoms with van der Waals surface area (Å²) in [6, 6.07) is 0. The Morgan fingerprint density at radius 3 is 2.78 bits per heavy atom. The number of ether oxygens (including phenoxy) is 1. The van der Waals surface area contributed by atoms with E-state index < -0.39 is 0 Å². The van der Waals surface area contributed by atoms with E-state index in [0.29, 0.717) is 24.4 Å². The molecule has 0 radical (unpaired) electrons. The molecule has 0 aliphatic carbocycles. The van der Waals surface area contributed by atoms with Crippen LogP contribution >= 0.6 is 0 Å². The number of aromatic nitrogens is 2. The maximum absolute atomic E-state index is 11.6. The van der Waals surface area contributed by atoms with Gasteiger partial charge < -0.3 is 10.1 Å². The van der Waals surface area contributed by atoms with Crippen molar-refractivity contribution in [3.63, 3.8) is 0 Å². The van der Waals surface area contributed by atoms with E-state index >= 15 is 0 Å². The summed E-state index contributed by atoms with van der Waals surface area (Å²) in [7, 11) is 1.62. The highest BCUT2D eigenvalue weighted by molar-refractivity contribution is 5.79. The molecule has 6 heteroatoms. The van der Waals surface area contributed by atoms with Crippen LogP contribution in [0.5, 0.6) is 0 Å². The second kappa shape index (κ2) is 6.90. The van der Waals surface area contributed by atoms with E-state index in [1.807, 2.05) is 0 Å². The highest BCUT2D eigenvalue weighted by Gasteiger charge is 2.12. The molecule has 0 unspecified atom stereocenters. The van der Waals surface area contributed by atoms with Gasteiger partial charge >= 0.3 is 0 Å². The number of rotatable bonds is 7. The van der Waals surface area contributed by atoms with Crippen molar-refractivity contribution in [3.05, 3.63) is 17.0 Å². The van der Waals surface area contributed by atoms with Gasteiger partial charge in [0.15, 0.2) is 6.29 Å². The zero-order valence-corrected chi connectivity index (χ0v) is 11.0. The van der Waals surface area contributed by atoms with E-state index in [2.05, 4.69) is 10.4 Å². The van der Waals surface area contributed by atoms with Crippen molar-refractivity contribution in [1.82, 2.24) is 15.1 Å². The summed E-state index contributed by atoms with van der Waals surface area (Å²) >= 11 is 0. The topological polar surface area (TPSA) is 73.2 Å². The molecule has 0 atom stereocenters. The fourth-order valence-corrected chi connectivity index (χ4v) is 1.67. The molecule has 100 valence electrons. The molecule has 0 fully saturated rings. The fraction of sp³-hybridized carbons (Fsp3) is 0.583. The smallest absolute Gasteiger partial charge is 0.241 e. The number of hydrogen-bond donors (Lipinski definition) is 1. The number of aryl methyl sites for hydroxylation is 1. The van der Waals surface area contributed by atoms with Gasteiger partial charge in [-0.3, -0.25) is 14.3 Å². The Labute approximate surface area is 106 Å². The summed E-state index contributed by atoms with van der Waals surface area (Å²) in [5.41, 5.74) is 1.92. The van der Waals surface area contributed by atoms with Crippen molar-refractivity contribution in [2.24, 2.45) is 0 Å². The van der Waals surface area contributed by atoms with Crippen molar-refractivity contribution < 1.29 is 14.3 Å². The molecule has 1 rings (SSSR count). The molecule has 1 heterocycles. The Bertz CT molecular complexity index is 426. The van der Waals surface area contributed by atoms with Crippen LogP contribution in [0.1, 0.15) is 28.2 Å². The Balaban J connectivity index is 2.52. The first kappa shape index (κ1) is 14.4. The van der Waals surface area contributed by atoms with Gasteiger partial charge in [0, 0.05) is 26.0 Å². The number of aldehydes is 1. The molecule has 1 N–H and O–H groups in total. The SMILES string of the molecule is COCCCNC(=O)Cn1nc(C)c(C=O)c1C. The maximum Gasteiger partial charge on any atom is 0.241 e. The molecule has 1 aromatic rings. The summed E-state index contributed by atoms with van der Waals surface area (Å²) in [6.45, 7) is 4.86. The van der Waals surface area contributed by atoms with Crippen LogP contribution in [0, 0.1) is 13.8 Å². The number of methoxy groups -OCH3 is 1. The number of nitrogens with zero attached hydrogens (tertiary/aromatic N) is 2. The lowest BCUT2D eigenvalue weighted by Crippen LogP contribution is -2.29. The first-order chi connectivity index (χ1) is 8.60. The van der Waals surface area contributed by atoms with Gasteiger partial charge in [0.05, 0.1) is 11.3 Å². The molecule has 0 aliphatic rings. The Morgan fingerprint density at radius 2 is 2.22 bits per heavy atom. The van der Waals surface area contributed by atoms with Gasteiger partial charge in [0.25, 0.3) is 0 Å². The van der Waals surface area contributed by atoms with Crippen molar-refractivity contribution in [1.29, 1.82) is 0 Å². The highest BCUT2D eigenvalue weighted by Crippen LogP contribution is 2.09. The van der Waals surface area contributed by atoms with E-state index in [0.717, 1.165) is 18.4 Å². The summed E-state index contributed by atoms with van der Waals surface area (Å²) in [5.74, 6) is -0.117. The molecule has 0 spiro atoms. The predicted octanol–water partition coefficient (Wildman–Crippen LogP) is 0.465. The van der Waals surface area contributed by atoms with E-state index in [9.17, 15) is 9.59 Å². The second-order valence-electron chi connectivity index (χ2n) is 4.06. The monoisotopic (exact) mass is 253 g/mol. The summed E-state index contributed by atoms with van der Waals surface area (Å²) in [4.78, 5) is 22.5. The average molecular weight is 253 g/mol. The van der Waals surface area contributed by atoms with Gasteiger partial charge in [-0.15, -0.1) is 0 Å². The van der Waals surface area contributed by atoms with Crippen molar-refractivity contribution >= 4 is 12.2 Å². The second-order valence-corrected chi connectivity index (χ2v) is 4.06. The number of carbonyl (C=O) groups excluding carboxylic acids is 2. The average Bonchev–Trinajstić information content (AvgIpc) is 2.60. The molecular weight excluding hydrogens is 234 g/mol. The maximum atomic E-state index is 11.6. The zero-order valence-electron chi connectivity index (χ0n) is 11.0. The molecule has 18 heavy (non-hydrogen) atoms. The minimum absolute atomic E-state index is 0.117. The van der Waals surface area contributed by atoms with Crippen LogP contribution in [-0.4, -0.2) is 42.2 Å². The van der Waals surface area contributed by atoms with Crippen molar-refractivity contribution in [3.8, 4) is 0 Å². The minimum atomic E-state index is -0.117. The fourth-order valence-electron chi connectivity index (χ4n) is 1.67. The van der Waals surface area contributed by atoms with E-state index in [1.165, 1.54) is 0 Å².